The van der Waals surface area contributed by atoms with Gasteiger partial charge in [-0.25, -0.2) is 15.0 Å². The SMILES string of the molecule is Cc1ccc2nc(Nc3cc(OCc4ccc(N)nc4)cc(-c4cnn(C)c4)c3)ncc2c1. The Bertz CT molecular complexity index is 1430. The smallest absolute Gasteiger partial charge is 0.227 e. The lowest BCUT2D eigenvalue weighted by Crippen LogP contribution is -2.00. The van der Waals surface area contributed by atoms with Crippen LogP contribution in [0.2, 0.25) is 0 Å². The van der Waals surface area contributed by atoms with Crippen LogP contribution in [0.3, 0.4) is 0 Å². The molecule has 0 bridgehead atoms. The number of rotatable bonds is 6. The van der Waals surface area contributed by atoms with Crippen LogP contribution in [0.4, 0.5) is 17.5 Å². The van der Waals surface area contributed by atoms with Crippen LogP contribution in [0.1, 0.15) is 11.1 Å². The second-order valence-electron chi connectivity index (χ2n) is 7.91. The van der Waals surface area contributed by atoms with E-state index in [1.165, 1.54) is 5.56 Å². The van der Waals surface area contributed by atoms with Gasteiger partial charge in [-0.15, -0.1) is 0 Å². The van der Waals surface area contributed by atoms with E-state index < -0.39 is 0 Å². The molecule has 5 aromatic rings. The largest absolute Gasteiger partial charge is 0.489 e. The second-order valence-corrected chi connectivity index (χ2v) is 7.91. The highest BCUT2D eigenvalue weighted by Crippen LogP contribution is 2.30. The number of hydrogen-bond donors (Lipinski definition) is 2. The molecule has 0 amide bonds. The zero-order valence-electron chi connectivity index (χ0n) is 18.4. The third-order valence-electron chi connectivity index (χ3n) is 5.19. The second kappa shape index (κ2) is 8.58. The monoisotopic (exact) mass is 437 g/mol. The molecule has 0 spiro atoms. The van der Waals surface area contributed by atoms with Gasteiger partial charge in [-0.05, 0) is 42.8 Å². The van der Waals surface area contributed by atoms with Crippen LogP contribution >= 0.6 is 0 Å². The van der Waals surface area contributed by atoms with Gasteiger partial charge in [-0.1, -0.05) is 17.7 Å². The average Bonchev–Trinajstić information content (AvgIpc) is 3.25. The van der Waals surface area contributed by atoms with Crippen molar-refractivity contribution in [2.45, 2.75) is 13.5 Å². The lowest BCUT2D eigenvalue weighted by Gasteiger charge is -2.12. The predicted molar refractivity (Wildman–Crippen MR) is 129 cm³/mol. The van der Waals surface area contributed by atoms with Crippen LogP contribution < -0.4 is 15.8 Å². The maximum Gasteiger partial charge on any atom is 0.227 e. The molecule has 0 aliphatic heterocycles. The summed E-state index contributed by atoms with van der Waals surface area (Å²) in [5, 5.41) is 8.61. The highest BCUT2D eigenvalue weighted by Gasteiger charge is 2.09. The molecule has 0 atom stereocenters. The van der Waals surface area contributed by atoms with Crippen molar-refractivity contribution in [2.75, 3.05) is 11.1 Å². The molecule has 5 rings (SSSR count). The maximum atomic E-state index is 6.07. The summed E-state index contributed by atoms with van der Waals surface area (Å²) in [6, 6.07) is 15.7. The molecule has 0 unspecified atom stereocenters. The minimum atomic E-state index is 0.370. The Labute approximate surface area is 191 Å². The number of anilines is 3. The van der Waals surface area contributed by atoms with Crippen molar-refractivity contribution in [3.8, 4) is 16.9 Å². The number of aromatic nitrogens is 5. The fraction of sp³-hybridized carbons (Fsp3) is 0.120. The number of hydrogen-bond acceptors (Lipinski definition) is 7. The van der Waals surface area contributed by atoms with E-state index in [-0.39, 0.29) is 0 Å². The quantitative estimate of drug-likeness (QED) is 0.399. The van der Waals surface area contributed by atoms with Gasteiger partial charge in [-0.2, -0.15) is 5.10 Å². The van der Waals surface area contributed by atoms with Gasteiger partial charge in [0, 0.05) is 53.9 Å². The van der Waals surface area contributed by atoms with E-state index in [0.717, 1.165) is 33.3 Å². The molecule has 0 aliphatic carbocycles. The van der Waals surface area contributed by atoms with Gasteiger partial charge in [0.15, 0.2) is 0 Å². The van der Waals surface area contributed by atoms with Crippen LogP contribution in [0, 0.1) is 6.92 Å². The Morgan fingerprint density at radius 3 is 2.67 bits per heavy atom. The summed E-state index contributed by atoms with van der Waals surface area (Å²) in [5.41, 5.74) is 11.4. The van der Waals surface area contributed by atoms with Crippen LogP contribution in [-0.2, 0) is 13.7 Å². The van der Waals surface area contributed by atoms with Crippen LogP contribution in [0.5, 0.6) is 5.75 Å². The van der Waals surface area contributed by atoms with Crippen molar-refractivity contribution in [1.29, 1.82) is 0 Å². The average molecular weight is 438 g/mol. The van der Waals surface area contributed by atoms with E-state index in [2.05, 4.69) is 38.4 Å². The summed E-state index contributed by atoms with van der Waals surface area (Å²) in [4.78, 5) is 13.3. The summed E-state index contributed by atoms with van der Waals surface area (Å²) in [5.74, 6) is 1.70. The Balaban J connectivity index is 1.45. The van der Waals surface area contributed by atoms with Gasteiger partial charge in [-0.3, -0.25) is 4.68 Å². The third-order valence-corrected chi connectivity index (χ3v) is 5.19. The topological polar surface area (TPSA) is 104 Å². The first kappa shape index (κ1) is 20.4. The summed E-state index contributed by atoms with van der Waals surface area (Å²) < 4.78 is 7.84. The molecule has 0 radical (unpaired) electrons. The lowest BCUT2D eigenvalue weighted by atomic mass is 10.1. The molecule has 0 fully saturated rings. The van der Waals surface area contributed by atoms with Crippen LogP contribution in [-0.4, -0.2) is 24.7 Å². The van der Waals surface area contributed by atoms with Gasteiger partial charge in [0.1, 0.15) is 18.2 Å². The third kappa shape index (κ3) is 4.74. The van der Waals surface area contributed by atoms with Gasteiger partial charge in [0.25, 0.3) is 0 Å². The first-order chi connectivity index (χ1) is 16.0. The van der Waals surface area contributed by atoms with Gasteiger partial charge in [0.05, 0.1) is 11.7 Å². The summed E-state index contributed by atoms with van der Waals surface area (Å²) in [7, 11) is 1.89. The van der Waals surface area contributed by atoms with Crippen molar-refractivity contribution in [2.24, 2.45) is 7.05 Å². The Kier molecular flexibility index (Phi) is 5.32. The first-order valence-corrected chi connectivity index (χ1v) is 10.5. The zero-order chi connectivity index (χ0) is 22.8. The minimum absolute atomic E-state index is 0.370. The van der Waals surface area contributed by atoms with Crippen molar-refractivity contribution in [1.82, 2.24) is 24.7 Å². The van der Waals surface area contributed by atoms with Gasteiger partial charge >= 0.3 is 0 Å². The van der Waals surface area contributed by atoms with E-state index in [9.17, 15) is 0 Å². The van der Waals surface area contributed by atoms with Crippen LogP contribution in [0.25, 0.3) is 22.0 Å². The Morgan fingerprint density at radius 2 is 1.88 bits per heavy atom. The van der Waals surface area contributed by atoms with Gasteiger partial charge < -0.3 is 15.8 Å². The summed E-state index contributed by atoms with van der Waals surface area (Å²) in [6.45, 7) is 2.42. The molecule has 0 aliphatic rings. The number of benzene rings is 2. The molecule has 3 heterocycles. The van der Waals surface area contributed by atoms with E-state index >= 15 is 0 Å². The summed E-state index contributed by atoms with van der Waals surface area (Å²) >= 11 is 0. The molecule has 0 saturated heterocycles. The molecule has 3 aromatic heterocycles. The molecule has 0 saturated carbocycles. The Morgan fingerprint density at radius 1 is 0.970 bits per heavy atom. The standard InChI is InChI=1S/C25H23N7O/c1-16-3-5-23-19(7-16)12-28-25(31-23)30-21-8-18(20-13-29-32(2)14-20)9-22(10-21)33-15-17-4-6-24(26)27-11-17/h3-14H,15H2,1-2H3,(H2,26,27)(H,28,30,31). The molecule has 33 heavy (non-hydrogen) atoms. The number of aryl methyl sites for hydroxylation is 2. The molecular weight excluding hydrogens is 414 g/mol. The normalized spacial score (nSPS) is 11.0. The van der Waals surface area contributed by atoms with E-state index in [4.69, 9.17) is 10.5 Å². The Hall–Kier alpha value is -4.46. The predicted octanol–water partition coefficient (Wildman–Crippen LogP) is 4.64. The lowest BCUT2D eigenvalue weighted by molar-refractivity contribution is 0.306. The highest BCUT2D eigenvalue weighted by atomic mass is 16.5. The van der Waals surface area contributed by atoms with Gasteiger partial charge in [0.2, 0.25) is 5.95 Å². The van der Waals surface area contributed by atoms with Crippen molar-refractivity contribution in [3.63, 3.8) is 0 Å². The van der Waals surface area contributed by atoms with E-state index in [1.807, 2.05) is 62.0 Å². The number of nitrogens with one attached hydrogen (secondary N) is 1. The highest BCUT2D eigenvalue weighted by molar-refractivity contribution is 5.80. The number of ether oxygens (including phenoxy) is 1. The fourth-order valence-electron chi connectivity index (χ4n) is 3.52. The number of pyridine rings is 1. The van der Waals surface area contributed by atoms with Crippen LogP contribution in [0.15, 0.2) is 73.3 Å². The van der Waals surface area contributed by atoms with Crippen molar-refractivity contribution >= 4 is 28.4 Å². The zero-order valence-corrected chi connectivity index (χ0v) is 18.4. The van der Waals surface area contributed by atoms with E-state index in [0.29, 0.717) is 24.1 Å². The van der Waals surface area contributed by atoms with E-state index in [1.54, 1.807) is 16.9 Å². The molecule has 3 N–H and O–H groups in total. The first-order valence-electron chi connectivity index (χ1n) is 10.5. The number of nitrogens with zero attached hydrogens (tertiary/aromatic N) is 5. The fourth-order valence-corrected chi connectivity index (χ4v) is 3.52. The number of nitrogens with two attached hydrogens (primary N) is 1. The molecule has 2 aromatic carbocycles. The molecule has 8 nitrogen and oxygen atoms in total. The number of nitrogen functional groups attached to an aromatic ring is 1. The van der Waals surface area contributed by atoms with Crippen molar-refractivity contribution in [3.05, 3.63) is 84.4 Å². The number of fused-ring (bicyclic) bond motifs is 1. The maximum absolute atomic E-state index is 6.07. The minimum Gasteiger partial charge on any atom is -0.489 e. The molecule has 8 heteroatoms. The summed E-state index contributed by atoms with van der Waals surface area (Å²) in [6.07, 6.45) is 7.32. The van der Waals surface area contributed by atoms with Crippen molar-refractivity contribution < 1.29 is 4.74 Å². The molecular formula is C25H23N7O. The molecule has 164 valence electrons.